The maximum Gasteiger partial charge on any atom is 0.0469 e. The number of hydrogen-bond acceptors (Lipinski definition) is 2. The monoisotopic (exact) mass is 401 g/mol. The van der Waals surface area contributed by atoms with Crippen LogP contribution in [0.4, 0.5) is 5.69 Å². The first-order valence-corrected chi connectivity index (χ1v) is 11.3. The minimum atomic E-state index is 0.514. The molecule has 0 radical (unpaired) electrons. The molecule has 3 aromatic carbocycles. The van der Waals surface area contributed by atoms with Crippen LogP contribution in [-0.2, 0) is 17.6 Å². The fourth-order valence-electron chi connectivity index (χ4n) is 3.93. The summed E-state index contributed by atoms with van der Waals surface area (Å²) in [7, 11) is 2.23. The van der Waals surface area contributed by atoms with Gasteiger partial charge in [0.15, 0.2) is 0 Å². The van der Waals surface area contributed by atoms with E-state index in [9.17, 15) is 0 Å². The highest BCUT2D eigenvalue weighted by molar-refractivity contribution is 5.46. The molecule has 0 saturated heterocycles. The standard InChI is InChI=1S/C28H35NO/c1-29(27-18-9-4-10-19-27)28(22-21-26-15-7-3-8-16-26)20-12-24-30-23-11-17-25-13-5-2-6-14-25/h2-10,13-16,18-19,28H,11-12,17,20-24H2,1H3. The number of hydrogen-bond donors (Lipinski definition) is 0. The van der Waals surface area contributed by atoms with Gasteiger partial charge in [-0.15, -0.1) is 0 Å². The summed E-state index contributed by atoms with van der Waals surface area (Å²) in [5, 5.41) is 0. The van der Waals surface area contributed by atoms with Gasteiger partial charge in [-0.1, -0.05) is 78.9 Å². The van der Waals surface area contributed by atoms with Crippen LogP contribution in [0.1, 0.15) is 36.8 Å². The van der Waals surface area contributed by atoms with E-state index in [1.54, 1.807) is 0 Å². The quantitative estimate of drug-likeness (QED) is 0.301. The Hall–Kier alpha value is -2.58. The Labute approximate surface area is 182 Å². The molecule has 0 fully saturated rings. The Kier molecular flexibility index (Phi) is 9.49. The second kappa shape index (κ2) is 12.9. The summed E-state index contributed by atoms with van der Waals surface area (Å²) in [4.78, 5) is 2.44. The lowest BCUT2D eigenvalue weighted by Gasteiger charge is -2.30. The summed E-state index contributed by atoms with van der Waals surface area (Å²) < 4.78 is 5.94. The molecule has 0 aliphatic carbocycles. The van der Waals surface area contributed by atoms with Gasteiger partial charge in [-0.25, -0.2) is 0 Å². The molecule has 2 heteroatoms. The molecule has 1 unspecified atom stereocenters. The van der Waals surface area contributed by atoms with Crippen molar-refractivity contribution in [1.29, 1.82) is 0 Å². The van der Waals surface area contributed by atoms with E-state index in [4.69, 9.17) is 4.74 Å². The van der Waals surface area contributed by atoms with Gasteiger partial charge in [-0.3, -0.25) is 0 Å². The fourth-order valence-corrected chi connectivity index (χ4v) is 3.93. The predicted molar refractivity (Wildman–Crippen MR) is 128 cm³/mol. The Morgan fingerprint density at radius 3 is 1.80 bits per heavy atom. The first-order chi connectivity index (χ1) is 14.8. The molecule has 0 spiro atoms. The molecule has 0 saturated carbocycles. The molecule has 0 bridgehead atoms. The van der Waals surface area contributed by atoms with E-state index in [1.807, 2.05) is 0 Å². The van der Waals surface area contributed by atoms with Crippen LogP contribution < -0.4 is 4.90 Å². The van der Waals surface area contributed by atoms with E-state index in [2.05, 4.69) is 103 Å². The Morgan fingerprint density at radius 2 is 1.17 bits per heavy atom. The lowest BCUT2D eigenvalue weighted by molar-refractivity contribution is 0.126. The Bertz CT molecular complexity index is 804. The molecule has 2 nitrogen and oxygen atoms in total. The van der Waals surface area contributed by atoms with Crippen LogP contribution in [0.2, 0.25) is 0 Å². The summed E-state index contributed by atoms with van der Waals surface area (Å²) >= 11 is 0. The fraction of sp³-hybridized carbons (Fsp3) is 0.357. The van der Waals surface area contributed by atoms with Crippen LogP contribution in [0.5, 0.6) is 0 Å². The third kappa shape index (κ3) is 7.68. The van der Waals surface area contributed by atoms with Crippen LogP contribution in [-0.4, -0.2) is 26.3 Å². The number of benzene rings is 3. The van der Waals surface area contributed by atoms with Crippen molar-refractivity contribution in [3.63, 3.8) is 0 Å². The predicted octanol–water partition coefficient (Wildman–Crippen LogP) is 6.55. The van der Waals surface area contributed by atoms with Gasteiger partial charge in [0, 0.05) is 32.0 Å². The largest absolute Gasteiger partial charge is 0.381 e. The summed E-state index contributed by atoms with van der Waals surface area (Å²) in [5.41, 5.74) is 4.10. The van der Waals surface area contributed by atoms with Crippen molar-refractivity contribution >= 4 is 5.69 Å². The highest BCUT2D eigenvalue weighted by Gasteiger charge is 2.15. The first kappa shape index (κ1) is 22.1. The molecular weight excluding hydrogens is 366 g/mol. The zero-order chi connectivity index (χ0) is 20.9. The van der Waals surface area contributed by atoms with Crippen molar-refractivity contribution in [2.75, 3.05) is 25.2 Å². The smallest absolute Gasteiger partial charge is 0.0469 e. The highest BCUT2D eigenvalue weighted by Crippen LogP contribution is 2.21. The van der Waals surface area contributed by atoms with Gasteiger partial charge >= 0.3 is 0 Å². The molecule has 0 aliphatic rings. The van der Waals surface area contributed by atoms with Crippen molar-refractivity contribution in [1.82, 2.24) is 0 Å². The van der Waals surface area contributed by atoms with Crippen molar-refractivity contribution in [2.24, 2.45) is 0 Å². The Balaban J connectivity index is 1.42. The molecule has 3 aromatic rings. The van der Waals surface area contributed by atoms with Crippen LogP contribution in [0, 0.1) is 0 Å². The second-order valence-corrected chi connectivity index (χ2v) is 7.97. The van der Waals surface area contributed by atoms with Gasteiger partial charge in [0.2, 0.25) is 0 Å². The van der Waals surface area contributed by atoms with Crippen LogP contribution >= 0.6 is 0 Å². The summed E-state index contributed by atoms with van der Waals surface area (Å²) in [6.45, 7) is 1.69. The zero-order valence-electron chi connectivity index (χ0n) is 18.2. The number of ether oxygens (including phenoxy) is 1. The summed E-state index contributed by atoms with van der Waals surface area (Å²) in [5.74, 6) is 0. The van der Waals surface area contributed by atoms with Gasteiger partial charge < -0.3 is 9.64 Å². The van der Waals surface area contributed by atoms with Crippen molar-refractivity contribution in [3.8, 4) is 0 Å². The van der Waals surface area contributed by atoms with Gasteiger partial charge in [0.25, 0.3) is 0 Å². The molecule has 158 valence electrons. The van der Waals surface area contributed by atoms with Gasteiger partial charge in [0.05, 0.1) is 0 Å². The first-order valence-electron chi connectivity index (χ1n) is 11.3. The molecule has 0 aromatic heterocycles. The van der Waals surface area contributed by atoms with E-state index in [-0.39, 0.29) is 0 Å². The maximum absolute atomic E-state index is 5.94. The van der Waals surface area contributed by atoms with E-state index in [0.717, 1.165) is 51.7 Å². The van der Waals surface area contributed by atoms with Gasteiger partial charge in [0.1, 0.15) is 0 Å². The number of para-hydroxylation sites is 1. The van der Waals surface area contributed by atoms with Crippen molar-refractivity contribution in [2.45, 2.75) is 44.6 Å². The Morgan fingerprint density at radius 1 is 0.633 bits per heavy atom. The van der Waals surface area contributed by atoms with Gasteiger partial charge in [-0.05, 0) is 61.8 Å². The van der Waals surface area contributed by atoms with E-state index in [1.165, 1.54) is 16.8 Å². The number of rotatable bonds is 13. The number of aryl methyl sites for hydroxylation is 2. The number of anilines is 1. The molecular formula is C28H35NO. The summed E-state index contributed by atoms with van der Waals surface area (Å²) in [6.07, 6.45) is 6.70. The lowest BCUT2D eigenvalue weighted by Crippen LogP contribution is -2.32. The molecule has 3 rings (SSSR count). The average molecular weight is 402 g/mol. The highest BCUT2D eigenvalue weighted by atomic mass is 16.5. The van der Waals surface area contributed by atoms with Gasteiger partial charge in [-0.2, -0.15) is 0 Å². The topological polar surface area (TPSA) is 12.5 Å². The average Bonchev–Trinajstić information content (AvgIpc) is 2.82. The lowest BCUT2D eigenvalue weighted by atomic mass is 10.00. The third-order valence-corrected chi connectivity index (χ3v) is 5.74. The van der Waals surface area contributed by atoms with E-state index in [0.29, 0.717) is 6.04 Å². The minimum absolute atomic E-state index is 0.514. The molecule has 0 heterocycles. The normalized spacial score (nSPS) is 11.9. The molecule has 1 atom stereocenters. The molecule has 0 aliphatic heterocycles. The summed E-state index contributed by atoms with van der Waals surface area (Å²) in [6, 6.07) is 32.7. The van der Waals surface area contributed by atoms with E-state index >= 15 is 0 Å². The van der Waals surface area contributed by atoms with Crippen LogP contribution in [0.25, 0.3) is 0 Å². The molecule has 0 amide bonds. The van der Waals surface area contributed by atoms with Crippen molar-refractivity contribution in [3.05, 3.63) is 102 Å². The van der Waals surface area contributed by atoms with E-state index < -0.39 is 0 Å². The number of nitrogens with zero attached hydrogens (tertiary/aromatic N) is 1. The second-order valence-electron chi connectivity index (χ2n) is 7.97. The van der Waals surface area contributed by atoms with Crippen molar-refractivity contribution < 1.29 is 4.74 Å². The minimum Gasteiger partial charge on any atom is -0.381 e. The molecule has 0 N–H and O–H groups in total. The maximum atomic E-state index is 5.94. The SMILES string of the molecule is CN(c1ccccc1)C(CCCOCCCc1ccccc1)CCc1ccccc1. The van der Waals surface area contributed by atoms with Crippen LogP contribution in [0.3, 0.4) is 0 Å². The zero-order valence-corrected chi connectivity index (χ0v) is 18.2. The van der Waals surface area contributed by atoms with Crippen LogP contribution in [0.15, 0.2) is 91.0 Å². The molecule has 30 heavy (non-hydrogen) atoms. The third-order valence-electron chi connectivity index (χ3n) is 5.74.